The first kappa shape index (κ1) is 22.1. The summed E-state index contributed by atoms with van der Waals surface area (Å²) in [4.78, 5) is 29.7. The first-order valence-corrected chi connectivity index (χ1v) is 12.8. The minimum atomic E-state index is -0.182. The summed E-state index contributed by atoms with van der Waals surface area (Å²) in [5.41, 5.74) is 8.41. The van der Waals surface area contributed by atoms with Gasteiger partial charge in [0.1, 0.15) is 11.2 Å². The number of carbonyl (C=O) groups is 1. The van der Waals surface area contributed by atoms with E-state index in [1.165, 1.54) is 0 Å². The van der Waals surface area contributed by atoms with E-state index in [2.05, 4.69) is 48.0 Å². The maximum absolute atomic E-state index is 12.6. The average molecular weight is 514 g/mol. The lowest BCUT2D eigenvalue weighted by Crippen LogP contribution is -2.11. The van der Waals surface area contributed by atoms with Crippen molar-refractivity contribution in [2.45, 2.75) is 0 Å². The van der Waals surface area contributed by atoms with Gasteiger partial charge in [-0.2, -0.15) is 16.4 Å². The maximum Gasteiger partial charge on any atom is 0.255 e. The Morgan fingerprint density at radius 3 is 2.61 bits per heavy atom. The van der Waals surface area contributed by atoms with Crippen LogP contribution >= 0.6 is 11.3 Å². The van der Waals surface area contributed by atoms with Gasteiger partial charge in [0.25, 0.3) is 5.91 Å². The number of benzene rings is 2. The second-order valence-corrected chi connectivity index (χ2v) is 9.58. The van der Waals surface area contributed by atoms with E-state index in [1.54, 1.807) is 42.1 Å². The summed E-state index contributed by atoms with van der Waals surface area (Å²) in [5.74, 6) is 0.480. The van der Waals surface area contributed by atoms with Gasteiger partial charge in [-0.05, 0) is 58.3 Å². The van der Waals surface area contributed by atoms with E-state index in [4.69, 9.17) is 4.98 Å². The number of carbonyl (C=O) groups excluding carboxylic acids is 1. The molecule has 9 heteroatoms. The summed E-state index contributed by atoms with van der Waals surface area (Å²) in [7, 11) is 0. The van der Waals surface area contributed by atoms with E-state index in [0.29, 0.717) is 17.1 Å². The van der Waals surface area contributed by atoms with Crippen LogP contribution in [0.1, 0.15) is 10.4 Å². The molecule has 7 aromatic rings. The molecule has 8 nitrogen and oxygen atoms in total. The Labute approximate surface area is 220 Å². The molecule has 7 rings (SSSR count). The molecule has 0 aliphatic heterocycles. The molecule has 5 heterocycles. The number of imidazole rings is 1. The summed E-state index contributed by atoms with van der Waals surface area (Å²) < 4.78 is 0. The van der Waals surface area contributed by atoms with Crippen LogP contribution in [0.15, 0.2) is 96.2 Å². The van der Waals surface area contributed by atoms with Gasteiger partial charge in [0.05, 0.1) is 29.1 Å². The monoisotopic (exact) mass is 513 g/mol. The molecule has 0 aliphatic rings. The zero-order valence-corrected chi connectivity index (χ0v) is 20.7. The summed E-state index contributed by atoms with van der Waals surface area (Å²) in [6, 6.07) is 19.1. The quantitative estimate of drug-likeness (QED) is 0.242. The molecule has 0 saturated heterocycles. The Morgan fingerprint density at radius 1 is 0.842 bits per heavy atom. The topological polar surface area (TPSA) is 112 Å². The average Bonchev–Trinajstić information content (AvgIpc) is 3.73. The van der Waals surface area contributed by atoms with Crippen molar-refractivity contribution in [3.63, 3.8) is 0 Å². The molecular weight excluding hydrogens is 494 g/mol. The van der Waals surface area contributed by atoms with Crippen LogP contribution in [-0.4, -0.2) is 36.0 Å². The van der Waals surface area contributed by atoms with Crippen LogP contribution in [0.4, 0.5) is 5.69 Å². The Balaban J connectivity index is 1.25. The van der Waals surface area contributed by atoms with Crippen molar-refractivity contribution in [1.29, 1.82) is 0 Å². The molecule has 0 fully saturated rings. The number of fused-ring (bicyclic) bond motifs is 2. The predicted molar refractivity (Wildman–Crippen MR) is 150 cm³/mol. The Bertz CT molecular complexity index is 1920. The molecule has 0 aliphatic carbocycles. The Kier molecular flexibility index (Phi) is 5.26. The van der Waals surface area contributed by atoms with E-state index in [0.717, 1.165) is 49.9 Å². The van der Waals surface area contributed by atoms with Crippen molar-refractivity contribution < 1.29 is 4.79 Å². The molecule has 0 unspecified atom stereocenters. The van der Waals surface area contributed by atoms with Gasteiger partial charge in [-0.15, -0.1) is 0 Å². The third kappa shape index (κ3) is 3.91. The highest BCUT2D eigenvalue weighted by Gasteiger charge is 2.16. The minimum absolute atomic E-state index is 0.182. The molecule has 1 amide bonds. The van der Waals surface area contributed by atoms with Crippen LogP contribution in [0.2, 0.25) is 0 Å². The number of hydrogen-bond acceptors (Lipinski definition) is 6. The second kappa shape index (κ2) is 9.06. The lowest BCUT2D eigenvalue weighted by atomic mass is 10.0. The highest BCUT2D eigenvalue weighted by atomic mass is 32.1. The fourth-order valence-electron chi connectivity index (χ4n) is 4.51. The van der Waals surface area contributed by atoms with Gasteiger partial charge in [-0.3, -0.25) is 19.9 Å². The molecule has 38 heavy (non-hydrogen) atoms. The molecule has 5 aromatic heterocycles. The molecule has 3 N–H and O–H groups in total. The van der Waals surface area contributed by atoms with Crippen molar-refractivity contribution in [3.05, 3.63) is 102 Å². The number of aromatic nitrogens is 6. The van der Waals surface area contributed by atoms with Gasteiger partial charge in [0.2, 0.25) is 0 Å². The second-order valence-electron chi connectivity index (χ2n) is 8.80. The molecule has 0 radical (unpaired) electrons. The predicted octanol–water partition coefficient (Wildman–Crippen LogP) is 6.54. The summed E-state index contributed by atoms with van der Waals surface area (Å²) in [5, 5.41) is 15.7. The van der Waals surface area contributed by atoms with E-state index in [1.807, 2.05) is 48.0 Å². The first-order chi connectivity index (χ1) is 18.7. The van der Waals surface area contributed by atoms with Crippen LogP contribution in [0.3, 0.4) is 0 Å². The van der Waals surface area contributed by atoms with E-state index in [-0.39, 0.29) is 5.91 Å². The fraction of sp³-hybridized carbons (Fsp3) is 0. The van der Waals surface area contributed by atoms with E-state index < -0.39 is 0 Å². The smallest absolute Gasteiger partial charge is 0.255 e. The Hall–Kier alpha value is -5.15. The van der Waals surface area contributed by atoms with Crippen LogP contribution in [0.25, 0.3) is 55.7 Å². The largest absolute Gasteiger partial charge is 0.335 e. The molecule has 182 valence electrons. The molecule has 0 bridgehead atoms. The highest BCUT2D eigenvalue weighted by Crippen LogP contribution is 2.33. The summed E-state index contributed by atoms with van der Waals surface area (Å²) in [6.07, 6.45) is 7.04. The maximum atomic E-state index is 12.6. The molecule has 2 aromatic carbocycles. The number of nitrogens with one attached hydrogen (secondary N) is 3. The van der Waals surface area contributed by atoms with Gasteiger partial charge in [-0.25, -0.2) is 4.98 Å². The third-order valence-electron chi connectivity index (χ3n) is 6.38. The fourth-order valence-corrected chi connectivity index (χ4v) is 5.16. The molecule has 0 atom stereocenters. The van der Waals surface area contributed by atoms with Crippen molar-refractivity contribution in [3.8, 4) is 33.8 Å². The van der Waals surface area contributed by atoms with Crippen LogP contribution in [0, 0.1) is 0 Å². The van der Waals surface area contributed by atoms with Crippen LogP contribution in [0.5, 0.6) is 0 Å². The van der Waals surface area contributed by atoms with Crippen molar-refractivity contribution >= 4 is 44.9 Å². The number of anilines is 1. The van der Waals surface area contributed by atoms with Gasteiger partial charge >= 0.3 is 0 Å². The summed E-state index contributed by atoms with van der Waals surface area (Å²) >= 11 is 1.64. The number of amides is 1. The SMILES string of the molecule is O=C(Nc1cncc(-c2ccc3[nH]nc(-c4nc5c(-c6ccsc6)cncc5[nH]4)c3c2)c1)c1ccccc1. The molecule has 0 saturated carbocycles. The number of pyridine rings is 2. The third-order valence-corrected chi connectivity index (χ3v) is 7.06. The number of rotatable bonds is 5. The zero-order chi connectivity index (χ0) is 25.5. The van der Waals surface area contributed by atoms with Crippen molar-refractivity contribution in [2.24, 2.45) is 0 Å². The van der Waals surface area contributed by atoms with Crippen molar-refractivity contribution in [1.82, 2.24) is 30.1 Å². The normalized spacial score (nSPS) is 11.3. The van der Waals surface area contributed by atoms with Gasteiger partial charge in [-0.1, -0.05) is 24.3 Å². The lowest BCUT2D eigenvalue weighted by Gasteiger charge is -2.08. The van der Waals surface area contributed by atoms with E-state index >= 15 is 0 Å². The first-order valence-electron chi connectivity index (χ1n) is 11.9. The van der Waals surface area contributed by atoms with Crippen LogP contribution in [-0.2, 0) is 0 Å². The number of hydrogen-bond donors (Lipinski definition) is 3. The van der Waals surface area contributed by atoms with Gasteiger partial charge in [0.15, 0.2) is 5.82 Å². The van der Waals surface area contributed by atoms with Crippen molar-refractivity contribution in [2.75, 3.05) is 5.32 Å². The number of thiophene rings is 1. The number of aromatic amines is 2. The zero-order valence-electron chi connectivity index (χ0n) is 19.8. The van der Waals surface area contributed by atoms with Gasteiger partial charge < -0.3 is 10.3 Å². The van der Waals surface area contributed by atoms with Gasteiger partial charge in [0, 0.05) is 34.5 Å². The highest BCUT2D eigenvalue weighted by molar-refractivity contribution is 7.08. The summed E-state index contributed by atoms with van der Waals surface area (Å²) in [6.45, 7) is 0. The van der Waals surface area contributed by atoms with E-state index in [9.17, 15) is 4.79 Å². The number of nitrogens with zero attached hydrogens (tertiary/aromatic N) is 4. The Morgan fingerprint density at radius 2 is 1.74 bits per heavy atom. The molecule has 0 spiro atoms. The standard InChI is InChI=1S/C29H19N7OS/c37-29(17-4-2-1-3-5-17)32-21-10-20(12-30-13-21)18-6-7-24-22(11-18)27(36-35-24)28-33-25-15-31-14-23(26(25)34-28)19-8-9-38-16-19/h1-16H,(H,32,37)(H,33,34)(H,35,36). The minimum Gasteiger partial charge on any atom is -0.335 e. The van der Waals surface area contributed by atoms with Crippen LogP contribution < -0.4 is 5.32 Å². The molecular formula is C29H19N7OS. The lowest BCUT2D eigenvalue weighted by molar-refractivity contribution is 0.102. The number of H-pyrrole nitrogens is 2.